The van der Waals surface area contributed by atoms with Crippen molar-refractivity contribution in [2.45, 2.75) is 57.5 Å². The van der Waals surface area contributed by atoms with Crippen LogP contribution in [0.5, 0.6) is 0 Å². The second kappa shape index (κ2) is 12.3. The van der Waals surface area contributed by atoms with E-state index in [1.165, 1.54) is 44.2 Å². The van der Waals surface area contributed by atoms with Crippen molar-refractivity contribution < 1.29 is 5.11 Å². The highest BCUT2D eigenvalue weighted by atomic mass is 16.3. The van der Waals surface area contributed by atoms with Gasteiger partial charge in [0.25, 0.3) is 0 Å². The number of pyridine rings is 1. The summed E-state index contributed by atoms with van der Waals surface area (Å²) in [6.07, 6.45) is 11.6. The Bertz CT molecular complexity index is 552. The minimum absolute atomic E-state index is 0.0359. The molecule has 2 aromatic rings. The predicted octanol–water partition coefficient (Wildman–Crippen LogP) is 4.65. The summed E-state index contributed by atoms with van der Waals surface area (Å²) in [4.78, 5) is 6.36. The fourth-order valence-corrected chi connectivity index (χ4v) is 3.25. The first-order chi connectivity index (χ1) is 12.8. The van der Waals surface area contributed by atoms with Gasteiger partial charge >= 0.3 is 0 Å². The van der Waals surface area contributed by atoms with E-state index in [1.54, 1.807) is 6.20 Å². The molecule has 4 heteroatoms. The summed E-state index contributed by atoms with van der Waals surface area (Å²) in [6, 6.07) is 16.0. The number of aliphatic hydroxyl groups excluding tert-OH is 1. The second-order valence-corrected chi connectivity index (χ2v) is 6.93. The molecule has 2 fully saturated rings. The van der Waals surface area contributed by atoms with E-state index < -0.39 is 0 Å². The van der Waals surface area contributed by atoms with Gasteiger partial charge in [-0.3, -0.25) is 0 Å². The molecule has 1 aromatic heterocycles. The molecule has 3 N–H and O–H groups in total. The van der Waals surface area contributed by atoms with Gasteiger partial charge in [-0.2, -0.15) is 0 Å². The Morgan fingerprint density at radius 2 is 1.38 bits per heavy atom. The van der Waals surface area contributed by atoms with Crippen LogP contribution in [0, 0.1) is 0 Å². The minimum Gasteiger partial charge on any atom is -0.393 e. The van der Waals surface area contributed by atoms with Crippen molar-refractivity contribution in [3.05, 3.63) is 54.7 Å². The van der Waals surface area contributed by atoms with Gasteiger partial charge in [0.2, 0.25) is 0 Å². The van der Waals surface area contributed by atoms with Crippen LogP contribution in [0.1, 0.15) is 51.4 Å². The van der Waals surface area contributed by atoms with Gasteiger partial charge in [0.15, 0.2) is 0 Å². The second-order valence-electron chi connectivity index (χ2n) is 6.93. The molecule has 0 spiro atoms. The number of nitrogen functional groups attached to an aromatic ring is 1. The zero-order valence-electron chi connectivity index (χ0n) is 15.8. The Morgan fingerprint density at radius 1 is 0.846 bits per heavy atom. The zero-order valence-corrected chi connectivity index (χ0v) is 15.8. The summed E-state index contributed by atoms with van der Waals surface area (Å²) >= 11 is 0. The van der Waals surface area contributed by atoms with E-state index in [1.807, 2.05) is 48.5 Å². The van der Waals surface area contributed by atoms with Crippen molar-refractivity contribution in [1.29, 1.82) is 0 Å². The molecular weight excluding hydrogens is 322 g/mol. The van der Waals surface area contributed by atoms with Crippen molar-refractivity contribution in [3.8, 4) is 0 Å². The van der Waals surface area contributed by atoms with Crippen LogP contribution in [-0.2, 0) is 0 Å². The van der Waals surface area contributed by atoms with Crippen molar-refractivity contribution in [2.75, 3.05) is 23.7 Å². The molecule has 1 saturated carbocycles. The summed E-state index contributed by atoms with van der Waals surface area (Å²) in [7, 11) is 0. The molecule has 1 aromatic carbocycles. The van der Waals surface area contributed by atoms with Crippen LogP contribution in [0.3, 0.4) is 0 Å². The number of benzene rings is 1. The number of rotatable bonds is 1. The van der Waals surface area contributed by atoms with Crippen LogP contribution in [0.25, 0.3) is 0 Å². The number of piperidine rings is 1. The lowest BCUT2D eigenvalue weighted by atomic mass is 9.98. The van der Waals surface area contributed by atoms with Gasteiger partial charge in [-0.25, -0.2) is 4.98 Å². The van der Waals surface area contributed by atoms with Gasteiger partial charge in [0.05, 0.1) is 6.10 Å². The average molecular weight is 356 g/mol. The molecule has 0 amide bonds. The van der Waals surface area contributed by atoms with Crippen molar-refractivity contribution >= 4 is 11.5 Å². The SMILES string of the molecule is Nc1cc(N2CCCCC2)ccn1.OC1CCCCC1.c1ccccc1. The summed E-state index contributed by atoms with van der Waals surface area (Å²) in [6.45, 7) is 2.31. The smallest absolute Gasteiger partial charge is 0.125 e. The van der Waals surface area contributed by atoms with Crippen molar-refractivity contribution in [3.63, 3.8) is 0 Å². The topological polar surface area (TPSA) is 62.4 Å². The van der Waals surface area contributed by atoms with Gasteiger partial charge in [0.1, 0.15) is 5.82 Å². The molecule has 0 bridgehead atoms. The predicted molar refractivity (Wildman–Crippen MR) is 110 cm³/mol. The Labute approximate surface area is 158 Å². The molecule has 0 radical (unpaired) electrons. The van der Waals surface area contributed by atoms with Crippen molar-refractivity contribution in [1.82, 2.24) is 4.98 Å². The summed E-state index contributed by atoms with van der Waals surface area (Å²) < 4.78 is 0. The highest BCUT2D eigenvalue weighted by molar-refractivity contribution is 5.52. The Balaban J connectivity index is 0.000000157. The summed E-state index contributed by atoms with van der Waals surface area (Å²) in [5, 5.41) is 8.91. The molecule has 1 aliphatic heterocycles. The molecule has 1 aliphatic carbocycles. The molecule has 2 aliphatic rings. The molecule has 0 unspecified atom stereocenters. The van der Waals surface area contributed by atoms with E-state index in [0.29, 0.717) is 5.82 Å². The van der Waals surface area contributed by atoms with Gasteiger partial charge < -0.3 is 15.7 Å². The van der Waals surface area contributed by atoms with Gasteiger partial charge in [0, 0.05) is 31.0 Å². The van der Waals surface area contributed by atoms with E-state index >= 15 is 0 Å². The lowest BCUT2D eigenvalue weighted by molar-refractivity contribution is 0.130. The first kappa shape index (κ1) is 20.2. The van der Waals surface area contributed by atoms with E-state index in [0.717, 1.165) is 25.9 Å². The molecular formula is C22H33N3O. The number of aliphatic hydroxyl groups is 1. The third kappa shape index (κ3) is 8.34. The Hall–Kier alpha value is -2.07. The average Bonchev–Trinajstić information content (AvgIpc) is 2.72. The number of hydrogen-bond acceptors (Lipinski definition) is 4. The fourth-order valence-electron chi connectivity index (χ4n) is 3.25. The number of hydrogen-bond donors (Lipinski definition) is 2. The standard InChI is InChI=1S/C10H15N3.C6H12O.C6H6/c11-10-8-9(4-5-12-10)13-6-2-1-3-7-13;7-6-4-2-1-3-5-6;1-2-4-6-5-3-1/h4-5,8H,1-3,6-7H2,(H2,11,12);6-7H,1-5H2;1-6H. The lowest BCUT2D eigenvalue weighted by Gasteiger charge is -2.28. The van der Waals surface area contributed by atoms with Crippen molar-refractivity contribution in [2.24, 2.45) is 0 Å². The Morgan fingerprint density at radius 3 is 1.85 bits per heavy atom. The van der Waals surface area contributed by atoms with E-state index in [-0.39, 0.29) is 6.10 Å². The zero-order chi connectivity index (χ0) is 18.5. The number of aromatic nitrogens is 1. The first-order valence-corrected chi connectivity index (χ1v) is 9.90. The number of anilines is 2. The first-order valence-electron chi connectivity index (χ1n) is 9.90. The van der Waals surface area contributed by atoms with Gasteiger partial charge in [-0.05, 0) is 38.2 Å². The fraction of sp³-hybridized carbons (Fsp3) is 0.500. The number of nitrogens with two attached hydrogens (primary N) is 1. The minimum atomic E-state index is 0.0359. The van der Waals surface area contributed by atoms with Crippen LogP contribution in [0.4, 0.5) is 11.5 Å². The van der Waals surface area contributed by atoms with E-state index in [2.05, 4.69) is 9.88 Å². The maximum atomic E-state index is 8.91. The Kier molecular flexibility index (Phi) is 9.59. The highest BCUT2D eigenvalue weighted by Gasteiger charge is 2.10. The normalized spacial score (nSPS) is 17.3. The third-order valence-corrected chi connectivity index (χ3v) is 4.73. The van der Waals surface area contributed by atoms with Gasteiger partial charge in [-0.15, -0.1) is 0 Å². The molecule has 0 atom stereocenters. The summed E-state index contributed by atoms with van der Waals surface area (Å²) in [5.41, 5.74) is 6.84. The molecule has 1 saturated heterocycles. The maximum Gasteiger partial charge on any atom is 0.125 e. The van der Waals surface area contributed by atoms with Crippen LogP contribution in [0.15, 0.2) is 54.7 Å². The van der Waals surface area contributed by atoms with E-state index in [4.69, 9.17) is 10.8 Å². The number of nitrogens with zero attached hydrogens (tertiary/aromatic N) is 2. The monoisotopic (exact) mass is 355 g/mol. The van der Waals surface area contributed by atoms with Crippen LogP contribution >= 0.6 is 0 Å². The molecule has 2 heterocycles. The van der Waals surface area contributed by atoms with Crippen LogP contribution < -0.4 is 10.6 Å². The largest absolute Gasteiger partial charge is 0.393 e. The molecule has 4 nitrogen and oxygen atoms in total. The highest BCUT2D eigenvalue weighted by Crippen LogP contribution is 2.20. The molecule has 142 valence electrons. The quantitative estimate of drug-likeness (QED) is 0.781. The molecule has 26 heavy (non-hydrogen) atoms. The lowest BCUT2D eigenvalue weighted by Crippen LogP contribution is -2.29. The van der Waals surface area contributed by atoms with Crippen LogP contribution in [0.2, 0.25) is 0 Å². The van der Waals surface area contributed by atoms with E-state index in [9.17, 15) is 0 Å². The summed E-state index contributed by atoms with van der Waals surface area (Å²) in [5.74, 6) is 0.614. The third-order valence-electron chi connectivity index (χ3n) is 4.73. The molecule has 4 rings (SSSR count). The maximum absolute atomic E-state index is 8.91. The van der Waals surface area contributed by atoms with Gasteiger partial charge in [-0.1, -0.05) is 55.7 Å². The van der Waals surface area contributed by atoms with Crippen LogP contribution in [-0.4, -0.2) is 29.3 Å².